The van der Waals surface area contributed by atoms with Gasteiger partial charge in [-0.1, -0.05) is 12.1 Å². The first kappa shape index (κ1) is 12.5. The fraction of sp³-hybridized carbons (Fsp3) is 0.417. The summed E-state index contributed by atoms with van der Waals surface area (Å²) in [7, 11) is 1.62. The van der Waals surface area contributed by atoms with Crippen LogP contribution in [0, 0.1) is 6.92 Å². The minimum absolute atomic E-state index is 0.00885. The van der Waals surface area contributed by atoms with Gasteiger partial charge in [-0.3, -0.25) is 4.79 Å². The van der Waals surface area contributed by atoms with E-state index in [1.165, 1.54) is 0 Å². The number of ether oxygens (including phenoxy) is 1. The van der Waals surface area contributed by atoms with Crippen molar-refractivity contribution in [1.82, 2.24) is 0 Å². The molecule has 1 aromatic carbocycles. The maximum Gasteiger partial charge on any atom is 0.304 e. The summed E-state index contributed by atoms with van der Waals surface area (Å²) in [6, 6.07) is 5.41. The number of hydrogen-bond acceptors (Lipinski definition) is 3. The first-order valence-corrected chi connectivity index (χ1v) is 5.14. The molecule has 0 fully saturated rings. The third-order valence-corrected chi connectivity index (χ3v) is 2.39. The Labute approximate surface area is 95.0 Å². The smallest absolute Gasteiger partial charge is 0.304 e. The normalized spacial score (nSPS) is 12.2. The fourth-order valence-electron chi connectivity index (χ4n) is 1.67. The Morgan fingerprint density at radius 1 is 1.56 bits per heavy atom. The number of carboxylic acid groups (broad SMARTS) is 1. The molecule has 0 bridgehead atoms. The van der Waals surface area contributed by atoms with Gasteiger partial charge in [0.15, 0.2) is 0 Å². The lowest BCUT2D eigenvalue weighted by molar-refractivity contribution is -0.137. The van der Waals surface area contributed by atoms with Crippen molar-refractivity contribution >= 4 is 5.97 Å². The molecule has 1 aromatic rings. The molecule has 0 spiro atoms. The fourth-order valence-corrected chi connectivity index (χ4v) is 1.67. The largest absolute Gasteiger partial charge is 0.496 e. The second kappa shape index (κ2) is 5.51. The van der Waals surface area contributed by atoms with Crippen LogP contribution in [-0.2, 0) is 11.2 Å². The highest BCUT2D eigenvalue weighted by Crippen LogP contribution is 2.19. The third kappa shape index (κ3) is 3.55. The molecule has 3 N–H and O–H groups in total. The number of carbonyl (C=O) groups is 1. The van der Waals surface area contributed by atoms with E-state index in [4.69, 9.17) is 15.6 Å². The molecule has 0 heterocycles. The Hall–Kier alpha value is -1.55. The number of rotatable bonds is 5. The summed E-state index contributed by atoms with van der Waals surface area (Å²) in [6.07, 6.45) is 0.558. The first-order chi connectivity index (χ1) is 7.52. The van der Waals surface area contributed by atoms with Gasteiger partial charge in [0.05, 0.1) is 13.5 Å². The van der Waals surface area contributed by atoms with Crippen molar-refractivity contribution < 1.29 is 14.6 Å². The molecule has 1 rings (SSSR count). The van der Waals surface area contributed by atoms with E-state index in [1.807, 2.05) is 25.1 Å². The highest BCUT2D eigenvalue weighted by molar-refractivity contribution is 5.67. The molecule has 1 atom stereocenters. The Morgan fingerprint density at radius 2 is 2.25 bits per heavy atom. The van der Waals surface area contributed by atoms with E-state index in [9.17, 15) is 4.79 Å². The van der Waals surface area contributed by atoms with Crippen molar-refractivity contribution in [2.24, 2.45) is 5.73 Å². The quantitative estimate of drug-likeness (QED) is 0.790. The molecule has 0 radical (unpaired) electrons. The maximum atomic E-state index is 10.5. The average molecular weight is 223 g/mol. The molecule has 4 heteroatoms. The number of nitrogens with two attached hydrogens (primary N) is 1. The minimum Gasteiger partial charge on any atom is -0.496 e. The lowest BCUT2D eigenvalue weighted by atomic mass is 10.0. The SMILES string of the molecule is COc1ccc(CC(N)CC(=O)O)cc1C. The third-order valence-electron chi connectivity index (χ3n) is 2.39. The Kier molecular flexibility index (Phi) is 4.31. The van der Waals surface area contributed by atoms with E-state index < -0.39 is 5.97 Å². The zero-order valence-corrected chi connectivity index (χ0v) is 9.56. The predicted octanol–water partition coefficient (Wildman–Crippen LogP) is 1.35. The molecular weight excluding hydrogens is 206 g/mol. The summed E-state index contributed by atoms with van der Waals surface area (Å²) in [5.74, 6) is -0.0340. The van der Waals surface area contributed by atoms with Crippen LogP contribution in [0.4, 0.5) is 0 Å². The number of hydrogen-bond donors (Lipinski definition) is 2. The van der Waals surface area contributed by atoms with Crippen molar-refractivity contribution in [3.8, 4) is 5.75 Å². The first-order valence-electron chi connectivity index (χ1n) is 5.14. The number of benzene rings is 1. The minimum atomic E-state index is -0.863. The van der Waals surface area contributed by atoms with Gasteiger partial charge < -0.3 is 15.6 Å². The molecule has 0 aromatic heterocycles. The van der Waals surface area contributed by atoms with E-state index in [1.54, 1.807) is 7.11 Å². The van der Waals surface area contributed by atoms with Gasteiger partial charge in [-0.25, -0.2) is 0 Å². The van der Waals surface area contributed by atoms with Crippen LogP contribution in [0.1, 0.15) is 17.5 Å². The molecule has 0 aliphatic carbocycles. The lowest BCUT2D eigenvalue weighted by Crippen LogP contribution is -2.26. The molecule has 1 unspecified atom stereocenters. The van der Waals surface area contributed by atoms with E-state index in [2.05, 4.69) is 0 Å². The van der Waals surface area contributed by atoms with Gasteiger partial charge in [0.1, 0.15) is 5.75 Å². The van der Waals surface area contributed by atoms with E-state index >= 15 is 0 Å². The molecule has 0 saturated carbocycles. The maximum absolute atomic E-state index is 10.5. The van der Waals surface area contributed by atoms with E-state index in [-0.39, 0.29) is 12.5 Å². The monoisotopic (exact) mass is 223 g/mol. The van der Waals surface area contributed by atoms with Crippen LogP contribution in [0.3, 0.4) is 0 Å². The van der Waals surface area contributed by atoms with Crippen molar-refractivity contribution in [2.45, 2.75) is 25.8 Å². The Balaban J connectivity index is 2.67. The van der Waals surface area contributed by atoms with Crippen molar-refractivity contribution in [2.75, 3.05) is 7.11 Å². The van der Waals surface area contributed by atoms with Crippen LogP contribution in [-0.4, -0.2) is 24.2 Å². The van der Waals surface area contributed by atoms with Crippen molar-refractivity contribution in [1.29, 1.82) is 0 Å². The van der Waals surface area contributed by atoms with Gasteiger partial charge in [0.2, 0.25) is 0 Å². The predicted molar refractivity (Wildman–Crippen MR) is 61.7 cm³/mol. The van der Waals surface area contributed by atoms with Gasteiger partial charge in [0, 0.05) is 6.04 Å². The molecule has 4 nitrogen and oxygen atoms in total. The van der Waals surface area contributed by atoms with Gasteiger partial charge in [-0.15, -0.1) is 0 Å². The van der Waals surface area contributed by atoms with Crippen molar-refractivity contribution in [3.63, 3.8) is 0 Å². The molecular formula is C12H17NO3. The average Bonchev–Trinajstić information content (AvgIpc) is 2.16. The zero-order chi connectivity index (χ0) is 12.1. The Bertz CT molecular complexity index is 377. The number of methoxy groups -OCH3 is 1. The van der Waals surface area contributed by atoms with E-state index in [0.717, 1.165) is 16.9 Å². The van der Waals surface area contributed by atoms with Crippen LogP contribution in [0.2, 0.25) is 0 Å². The van der Waals surface area contributed by atoms with Gasteiger partial charge >= 0.3 is 5.97 Å². The standard InChI is InChI=1S/C12H17NO3/c1-8-5-9(3-4-11(8)16-2)6-10(13)7-12(14)15/h3-5,10H,6-7,13H2,1-2H3,(H,14,15). The van der Waals surface area contributed by atoms with E-state index in [0.29, 0.717) is 6.42 Å². The molecule has 0 saturated heterocycles. The summed E-state index contributed by atoms with van der Waals surface area (Å²) in [6.45, 7) is 1.95. The lowest BCUT2D eigenvalue weighted by Gasteiger charge is -2.11. The van der Waals surface area contributed by atoms with Gasteiger partial charge in [0.25, 0.3) is 0 Å². The summed E-state index contributed by atoms with van der Waals surface area (Å²) in [5, 5.41) is 8.60. The highest BCUT2D eigenvalue weighted by Gasteiger charge is 2.09. The summed E-state index contributed by atoms with van der Waals surface area (Å²) in [5.41, 5.74) is 7.78. The van der Waals surface area contributed by atoms with Crippen molar-refractivity contribution in [3.05, 3.63) is 29.3 Å². The Morgan fingerprint density at radius 3 is 2.75 bits per heavy atom. The summed E-state index contributed by atoms with van der Waals surface area (Å²) < 4.78 is 5.14. The van der Waals surface area contributed by atoms with Crippen LogP contribution in [0.25, 0.3) is 0 Å². The topological polar surface area (TPSA) is 72.5 Å². The summed E-state index contributed by atoms with van der Waals surface area (Å²) in [4.78, 5) is 10.5. The zero-order valence-electron chi connectivity index (χ0n) is 9.56. The van der Waals surface area contributed by atoms with Crippen LogP contribution in [0.5, 0.6) is 5.75 Å². The van der Waals surface area contributed by atoms with Gasteiger partial charge in [-0.05, 0) is 30.5 Å². The molecule has 88 valence electrons. The number of carboxylic acids is 1. The summed E-state index contributed by atoms with van der Waals surface area (Å²) >= 11 is 0. The molecule has 16 heavy (non-hydrogen) atoms. The second-order valence-corrected chi connectivity index (χ2v) is 3.87. The van der Waals surface area contributed by atoms with Crippen LogP contribution in [0.15, 0.2) is 18.2 Å². The van der Waals surface area contributed by atoms with Crippen LogP contribution >= 0.6 is 0 Å². The second-order valence-electron chi connectivity index (χ2n) is 3.87. The molecule has 0 aliphatic rings. The highest BCUT2D eigenvalue weighted by atomic mass is 16.5. The molecule has 0 amide bonds. The van der Waals surface area contributed by atoms with Crippen LogP contribution < -0.4 is 10.5 Å². The number of aliphatic carboxylic acids is 1. The molecule has 0 aliphatic heterocycles. The number of aryl methyl sites for hydroxylation is 1. The van der Waals surface area contributed by atoms with Gasteiger partial charge in [-0.2, -0.15) is 0 Å².